The Bertz CT molecular complexity index is 760. The lowest BCUT2D eigenvalue weighted by molar-refractivity contribution is 0.181. The van der Waals surface area contributed by atoms with E-state index in [1.54, 1.807) is 0 Å². The largest absolute Gasteiger partial charge is 0.338 e. The van der Waals surface area contributed by atoms with Gasteiger partial charge in [-0.15, -0.1) is 0 Å². The normalized spacial score (nSPS) is 18.1. The van der Waals surface area contributed by atoms with E-state index in [0.29, 0.717) is 12.5 Å². The van der Waals surface area contributed by atoms with E-state index in [1.165, 1.54) is 42.6 Å². The van der Waals surface area contributed by atoms with Crippen LogP contribution in [0.25, 0.3) is 0 Å². The molecule has 2 amide bonds. The number of urea groups is 1. The van der Waals surface area contributed by atoms with Gasteiger partial charge in [0.1, 0.15) is 0 Å². The smallest absolute Gasteiger partial charge is 0.317 e. The summed E-state index contributed by atoms with van der Waals surface area (Å²) < 4.78 is 0. The van der Waals surface area contributed by atoms with Gasteiger partial charge in [0, 0.05) is 26.2 Å². The SMILES string of the molecule is O=C(NCCc1ccc(CN2CCCC2)cc1)N1CCC(c2ccccc2)CC1. The summed E-state index contributed by atoms with van der Waals surface area (Å²) in [5.74, 6) is 0.583. The molecule has 0 aromatic heterocycles. The summed E-state index contributed by atoms with van der Waals surface area (Å²) in [6.45, 7) is 5.92. The number of carbonyl (C=O) groups is 1. The van der Waals surface area contributed by atoms with E-state index in [4.69, 9.17) is 0 Å². The van der Waals surface area contributed by atoms with Crippen LogP contribution in [0.4, 0.5) is 4.79 Å². The fraction of sp³-hybridized carbons (Fsp3) is 0.480. The van der Waals surface area contributed by atoms with Gasteiger partial charge in [-0.05, 0) is 67.8 Å². The maximum Gasteiger partial charge on any atom is 0.317 e. The minimum Gasteiger partial charge on any atom is -0.338 e. The molecule has 4 heteroatoms. The molecule has 0 unspecified atom stereocenters. The Morgan fingerprint density at radius 2 is 1.52 bits per heavy atom. The van der Waals surface area contributed by atoms with Gasteiger partial charge in [-0.1, -0.05) is 54.6 Å². The van der Waals surface area contributed by atoms with Gasteiger partial charge in [0.05, 0.1) is 0 Å². The highest BCUT2D eigenvalue weighted by Gasteiger charge is 2.23. The fourth-order valence-electron chi connectivity index (χ4n) is 4.58. The average molecular weight is 392 g/mol. The third-order valence-electron chi connectivity index (χ3n) is 6.37. The molecule has 4 rings (SSSR count). The predicted molar refractivity (Wildman–Crippen MR) is 118 cm³/mol. The van der Waals surface area contributed by atoms with E-state index in [-0.39, 0.29) is 6.03 Å². The van der Waals surface area contributed by atoms with Gasteiger partial charge < -0.3 is 10.2 Å². The van der Waals surface area contributed by atoms with Gasteiger partial charge in [-0.3, -0.25) is 4.90 Å². The van der Waals surface area contributed by atoms with Crippen LogP contribution in [-0.4, -0.2) is 48.6 Å². The molecule has 0 radical (unpaired) electrons. The Labute approximate surface area is 174 Å². The van der Waals surface area contributed by atoms with Crippen molar-refractivity contribution >= 4 is 6.03 Å². The topological polar surface area (TPSA) is 35.6 Å². The van der Waals surface area contributed by atoms with E-state index in [1.807, 2.05) is 4.90 Å². The Kier molecular flexibility index (Phi) is 6.83. The van der Waals surface area contributed by atoms with Crippen LogP contribution in [0.2, 0.25) is 0 Å². The number of benzene rings is 2. The van der Waals surface area contributed by atoms with Gasteiger partial charge >= 0.3 is 6.03 Å². The zero-order valence-corrected chi connectivity index (χ0v) is 17.4. The van der Waals surface area contributed by atoms with Crippen molar-refractivity contribution in [2.24, 2.45) is 0 Å². The lowest BCUT2D eigenvalue weighted by Gasteiger charge is -2.32. The summed E-state index contributed by atoms with van der Waals surface area (Å²) in [6, 6.07) is 19.7. The molecule has 29 heavy (non-hydrogen) atoms. The number of hydrogen-bond donors (Lipinski definition) is 1. The van der Waals surface area contributed by atoms with Gasteiger partial charge in [0.15, 0.2) is 0 Å². The molecule has 0 bridgehead atoms. The molecule has 4 nitrogen and oxygen atoms in total. The first-order valence-corrected chi connectivity index (χ1v) is 11.2. The van der Waals surface area contributed by atoms with E-state index < -0.39 is 0 Å². The molecule has 2 fully saturated rings. The monoisotopic (exact) mass is 391 g/mol. The number of hydrogen-bond acceptors (Lipinski definition) is 2. The molecule has 0 saturated carbocycles. The second-order valence-electron chi connectivity index (χ2n) is 8.45. The molecule has 2 aliphatic rings. The lowest BCUT2D eigenvalue weighted by atomic mass is 9.90. The van der Waals surface area contributed by atoms with Gasteiger partial charge in [-0.25, -0.2) is 4.79 Å². The maximum absolute atomic E-state index is 12.5. The summed E-state index contributed by atoms with van der Waals surface area (Å²) in [7, 11) is 0. The quantitative estimate of drug-likeness (QED) is 0.791. The van der Waals surface area contributed by atoms with Crippen LogP contribution in [0.5, 0.6) is 0 Å². The second-order valence-corrected chi connectivity index (χ2v) is 8.45. The highest BCUT2D eigenvalue weighted by molar-refractivity contribution is 5.74. The summed E-state index contributed by atoms with van der Waals surface area (Å²) in [6.07, 6.45) is 5.66. The number of piperidine rings is 1. The molecule has 2 heterocycles. The highest BCUT2D eigenvalue weighted by atomic mass is 16.2. The summed E-state index contributed by atoms with van der Waals surface area (Å²) in [4.78, 5) is 17.0. The van der Waals surface area contributed by atoms with Crippen LogP contribution in [0.1, 0.15) is 48.3 Å². The minimum absolute atomic E-state index is 0.0853. The van der Waals surface area contributed by atoms with Crippen molar-refractivity contribution < 1.29 is 4.79 Å². The lowest BCUT2D eigenvalue weighted by Crippen LogP contribution is -2.44. The van der Waals surface area contributed by atoms with Crippen LogP contribution >= 0.6 is 0 Å². The highest BCUT2D eigenvalue weighted by Crippen LogP contribution is 2.27. The summed E-state index contributed by atoms with van der Waals surface area (Å²) >= 11 is 0. The number of rotatable bonds is 6. The van der Waals surface area contributed by atoms with Crippen LogP contribution < -0.4 is 5.32 Å². The number of carbonyl (C=O) groups excluding carboxylic acids is 1. The first-order chi connectivity index (χ1) is 14.3. The molecule has 0 atom stereocenters. The number of nitrogens with one attached hydrogen (secondary N) is 1. The van der Waals surface area contributed by atoms with E-state index >= 15 is 0 Å². The maximum atomic E-state index is 12.5. The molecule has 2 aromatic carbocycles. The first-order valence-electron chi connectivity index (χ1n) is 11.2. The molecule has 1 N–H and O–H groups in total. The van der Waals surface area contributed by atoms with Gasteiger partial charge in [-0.2, -0.15) is 0 Å². The van der Waals surface area contributed by atoms with Crippen LogP contribution in [0.15, 0.2) is 54.6 Å². The third kappa shape index (κ3) is 5.60. The summed E-state index contributed by atoms with van der Waals surface area (Å²) in [5, 5.41) is 3.11. The molecular weight excluding hydrogens is 358 g/mol. The minimum atomic E-state index is 0.0853. The molecule has 2 aliphatic heterocycles. The Balaban J connectivity index is 1.16. The predicted octanol–water partition coefficient (Wildman–Crippen LogP) is 4.41. The molecule has 154 valence electrons. The Morgan fingerprint density at radius 1 is 0.862 bits per heavy atom. The second kappa shape index (κ2) is 9.93. The van der Waals surface area contributed by atoms with Gasteiger partial charge in [0.2, 0.25) is 0 Å². The van der Waals surface area contributed by atoms with Crippen molar-refractivity contribution in [3.8, 4) is 0 Å². The zero-order chi connectivity index (χ0) is 19.9. The molecule has 0 aliphatic carbocycles. The molecule has 0 spiro atoms. The van der Waals surface area contributed by atoms with Crippen molar-refractivity contribution in [2.45, 2.75) is 44.6 Å². The Morgan fingerprint density at radius 3 is 2.21 bits per heavy atom. The van der Waals surface area contributed by atoms with Crippen molar-refractivity contribution in [3.05, 3.63) is 71.3 Å². The van der Waals surface area contributed by atoms with E-state index in [2.05, 4.69) is 64.8 Å². The third-order valence-corrected chi connectivity index (χ3v) is 6.37. The van der Waals surface area contributed by atoms with Crippen LogP contribution in [0, 0.1) is 0 Å². The van der Waals surface area contributed by atoms with Crippen molar-refractivity contribution in [2.75, 3.05) is 32.7 Å². The van der Waals surface area contributed by atoms with Crippen molar-refractivity contribution in [1.82, 2.24) is 15.1 Å². The number of likely N-dealkylation sites (tertiary alicyclic amines) is 2. The van der Waals surface area contributed by atoms with Crippen LogP contribution in [-0.2, 0) is 13.0 Å². The number of amides is 2. The molecule has 2 aromatic rings. The Hall–Kier alpha value is -2.33. The van der Waals surface area contributed by atoms with E-state index in [0.717, 1.165) is 38.9 Å². The first kappa shape index (κ1) is 20.0. The molecular formula is C25H33N3O. The fourth-order valence-corrected chi connectivity index (χ4v) is 4.58. The van der Waals surface area contributed by atoms with Crippen molar-refractivity contribution in [1.29, 1.82) is 0 Å². The standard InChI is InChI=1S/C25H33N3O/c29-25(28-18-13-24(14-19-28)23-6-2-1-3-7-23)26-15-12-21-8-10-22(11-9-21)20-27-16-4-5-17-27/h1-3,6-11,24H,4-5,12-20H2,(H,26,29). The van der Waals surface area contributed by atoms with E-state index in [9.17, 15) is 4.79 Å². The van der Waals surface area contributed by atoms with Gasteiger partial charge in [0.25, 0.3) is 0 Å². The van der Waals surface area contributed by atoms with Crippen molar-refractivity contribution in [3.63, 3.8) is 0 Å². The zero-order valence-electron chi connectivity index (χ0n) is 17.4. The molecule has 2 saturated heterocycles. The average Bonchev–Trinajstić information content (AvgIpc) is 3.29. The number of nitrogens with zero attached hydrogens (tertiary/aromatic N) is 2. The summed E-state index contributed by atoms with van der Waals surface area (Å²) in [5.41, 5.74) is 4.08. The van der Waals surface area contributed by atoms with Crippen LogP contribution in [0.3, 0.4) is 0 Å².